The second-order valence-electron chi connectivity index (χ2n) is 6.54. The lowest BCUT2D eigenvalue weighted by Gasteiger charge is -2.25. The molecule has 0 atom stereocenters. The van der Waals surface area contributed by atoms with Gasteiger partial charge in [-0.05, 0) is 50.8 Å². The smallest absolute Gasteiger partial charge is 0.241 e. The molecule has 0 aromatic heterocycles. The highest BCUT2D eigenvalue weighted by molar-refractivity contribution is 7.89. The molecule has 1 fully saturated rings. The van der Waals surface area contributed by atoms with Crippen LogP contribution in [0.1, 0.15) is 52.0 Å². The molecule has 1 aliphatic carbocycles. The molecule has 2 N–H and O–H groups in total. The fourth-order valence-corrected chi connectivity index (χ4v) is 3.98. The first-order chi connectivity index (χ1) is 9.82. The third-order valence-corrected chi connectivity index (χ3v) is 5.36. The molecule has 0 saturated heterocycles. The van der Waals surface area contributed by atoms with Gasteiger partial charge in [-0.2, -0.15) is 0 Å². The van der Waals surface area contributed by atoms with Crippen LogP contribution in [0.2, 0.25) is 0 Å². The van der Waals surface area contributed by atoms with E-state index in [1.54, 1.807) is 12.1 Å². The zero-order valence-electron chi connectivity index (χ0n) is 13.1. The predicted octanol–water partition coefficient (Wildman–Crippen LogP) is 2.80. The van der Waals surface area contributed by atoms with E-state index in [1.165, 1.54) is 12.8 Å². The first-order valence-electron chi connectivity index (χ1n) is 7.69. The summed E-state index contributed by atoms with van der Waals surface area (Å²) in [7, 11) is -3.46. The average molecular weight is 310 g/mol. The molecule has 0 heterocycles. The van der Waals surface area contributed by atoms with Crippen molar-refractivity contribution in [1.29, 1.82) is 0 Å². The summed E-state index contributed by atoms with van der Waals surface area (Å²) in [5, 5.41) is 3.40. The van der Waals surface area contributed by atoms with Gasteiger partial charge in [-0.25, -0.2) is 13.1 Å². The van der Waals surface area contributed by atoms with Crippen LogP contribution in [-0.4, -0.2) is 20.0 Å². The van der Waals surface area contributed by atoms with E-state index in [2.05, 4.69) is 17.0 Å². The van der Waals surface area contributed by atoms with E-state index in [0.717, 1.165) is 24.9 Å². The summed E-state index contributed by atoms with van der Waals surface area (Å²) >= 11 is 0. The van der Waals surface area contributed by atoms with Gasteiger partial charge in [0.2, 0.25) is 10.0 Å². The molecule has 0 aliphatic heterocycles. The van der Waals surface area contributed by atoms with Crippen LogP contribution in [0.5, 0.6) is 0 Å². The van der Waals surface area contributed by atoms with Gasteiger partial charge in [0.05, 0.1) is 4.90 Å². The maximum absolute atomic E-state index is 12.5. The maximum Gasteiger partial charge on any atom is 0.241 e. The van der Waals surface area contributed by atoms with Crippen molar-refractivity contribution in [3.05, 3.63) is 29.8 Å². The molecule has 1 aromatic rings. The Balaban J connectivity index is 2.09. The highest BCUT2D eigenvalue weighted by Gasteiger charge is 2.25. The van der Waals surface area contributed by atoms with Crippen LogP contribution in [0.15, 0.2) is 29.2 Å². The van der Waals surface area contributed by atoms with E-state index < -0.39 is 15.6 Å². The first-order valence-corrected chi connectivity index (χ1v) is 9.17. The molecule has 21 heavy (non-hydrogen) atoms. The Morgan fingerprint density at radius 1 is 1.29 bits per heavy atom. The fraction of sp³-hybridized carbons (Fsp3) is 0.625. The summed E-state index contributed by atoms with van der Waals surface area (Å²) < 4.78 is 27.8. The molecule has 0 amide bonds. The van der Waals surface area contributed by atoms with Gasteiger partial charge in [0, 0.05) is 18.1 Å². The fourth-order valence-electron chi connectivity index (χ4n) is 2.47. The van der Waals surface area contributed by atoms with Crippen molar-refractivity contribution in [3.63, 3.8) is 0 Å². The standard InChI is InChI=1S/C16H26N2O2S/c1-4-10-16(2,3)18-21(19,20)15-7-5-6-13(11-15)12-17-14-8-9-14/h5-7,11,14,17-18H,4,8-10,12H2,1-3H3. The van der Waals surface area contributed by atoms with Crippen LogP contribution in [0.25, 0.3) is 0 Å². The third-order valence-electron chi connectivity index (χ3n) is 3.67. The summed E-state index contributed by atoms with van der Waals surface area (Å²) in [5.74, 6) is 0. The molecule has 1 aliphatic rings. The molecule has 5 heteroatoms. The quantitative estimate of drug-likeness (QED) is 0.776. The van der Waals surface area contributed by atoms with Crippen LogP contribution in [-0.2, 0) is 16.6 Å². The van der Waals surface area contributed by atoms with E-state index in [0.29, 0.717) is 10.9 Å². The van der Waals surface area contributed by atoms with Crippen LogP contribution >= 0.6 is 0 Å². The predicted molar refractivity (Wildman–Crippen MR) is 85.6 cm³/mol. The van der Waals surface area contributed by atoms with Gasteiger partial charge in [-0.15, -0.1) is 0 Å². The average Bonchev–Trinajstić information content (AvgIpc) is 3.19. The number of sulfonamides is 1. The van der Waals surface area contributed by atoms with Crippen LogP contribution in [0.4, 0.5) is 0 Å². The summed E-state index contributed by atoms with van der Waals surface area (Å²) in [6, 6.07) is 7.81. The van der Waals surface area contributed by atoms with Gasteiger partial charge >= 0.3 is 0 Å². The molecule has 0 unspecified atom stereocenters. The molecule has 4 nitrogen and oxygen atoms in total. The Hall–Kier alpha value is -0.910. The van der Waals surface area contributed by atoms with Gasteiger partial charge in [-0.3, -0.25) is 0 Å². The first kappa shape index (κ1) is 16.5. The minimum absolute atomic E-state index is 0.349. The second-order valence-corrected chi connectivity index (χ2v) is 8.22. The van der Waals surface area contributed by atoms with E-state index in [9.17, 15) is 8.42 Å². The van der Waals surface area contributed by atoms with E-state index in [-0.39, 0.29) is 0 Å². The normalized spacial score (nSPS) is 16.1. The van der Waals surface area contributed by atoms with Crippen molar-refractivity contribution in [2.45, 2.75) is 69.5 Å². The zero-order valence-corrected chi connectivity index (χ0v) is 14.0. The highest BCUT2D eigenvalue weighted by Crippen LogP contribution is 2.21. The van der Waals surface area contributed by atoms with Crippen LogP contribution < -0.4 is 10.0 Å². The number of benzene rings is 1. The Morgan fingerprint density at radius 3 is 2.62 bits per heavy atom. The summed E-state index contributed by atoms with van der Waals surface area (Å²) in [6.07, 6.45) is 4.21. The highest BCUT2D eigenvalue weighted by atomic mass is 32.2. The molecule has 0 bridgehead atoms. The molecule has 118 valence electrons. The summed E-state index contributed by atoms with van der Waals surface area (Å²) in [4.78, 5) is 0.349. The number of hydrogen-bond donors (Lipinski definition) is 2. The molecular formula is C16H26N2O2S. The Labute approximate surface area is 128 Å². The van der Waals surface area contributed by atoms with Crippen molar-refractivity contribution >= 4 is 10.0 Å². The van der Waals surface area contributed by atoms with Crippen LogP contribution in [0, 0.1) is 0 Å². The third kappa shape index (κ3) is 5.09. The topological polar surface area (TPSA) is 58.2 Å². The Kier molecular flexibility index (Phi) is 5.07. The van der Waals surface area contributed by atoms with Crippen molar-refractivity contribution in [2.75, 3.05) is 0 Å². The van der Waals surface area contributed by atoms with E-state index >= 15 is 0 Å². The molecule has 0 radical (unpaired) electrons. The van der Waals surface area contributed by atoms with Crippen LogP contribution in [0.3, 0.4) is 0 Å². The number of nitrogens with one attached hydrogen (secondary N) is 2. The molecular weight excluding hydrogens is 284 g/mol. The maximum atomic E-state index is 12.5. The Morgan fingerprint density at radius 2 is 2.00 bits per heavy atom. The van der Waals surface area contributed by atoms with E-state index in [1.807, 2.05) is 26.0 Å². The SMILES string of the molecule is CCCC(C)(C)NS(=O)(=O)c1cccc(CNC2CC2)c1. The number of rotatable bonds is 8. The largest absolute Gasteiger partial charge is 0.310 e. The minimum atomic E-state index is -3.46. The van der Waals surface area contributed by atoms with E-state index in [4.69, 9.17) is 0 Å². The lowest BCUT2D eigenvalue weighted by molar-refractivity contribution is 0.417. The molecule has 0 spiro atoms. The van der Waals surface area contributed by atoms with Crippen molar-refractivity contribution < 1.29 is 8.42 Å². The zero-order chi connectivity index (χ0) is 15.5. The molecule has 1 aromatic carbocycles. The van der Waals surface area contributed by atoms with Crippen molar-refractivity contribution in [2.24, 2.45) is 0 Å². The van der Waals surface area contributed by atoms with Gasteiger partial charge in [0.25, 0.3) is 0 Å². The summed E-state index contributed by atoms with van der Waals surface area (Å²) in [6.45, 7) is 6.63. The van der Waals surface area contributed by atoms with Gasteiger partial charge in [-0.1, -0.05) is 25.5 Å². The molecule has 1 saturated carbocycles. The Bertz CT molecular complexity index is 578. The van der Waals surface area contributed by atoms with Crippen molar-refractivity contribution in [1.82, 2.24) is 10.0 Å². The minimum Gasteiger partial charge on any atom is -0.310 e. The molecule has 2 rings (SSSR count). The van der Waals surface area contributed by atoms with Crippen molar-refractivity contribution in [3.8, 4) is 0 Å². The van der Waals surface area contributed by atoms with Gasteiger partial charge in [0.1, 0.15) is 0 Å². The lowest BCUT2D eigenvalue weighted by atomic mass is 10.0. The van der Waals surface area contributed by atoms with Gasteiger partial charge in [0.15, 0.2) is 0 Å². The second kappa shape index (κ2) is 6.46. The number of hydrogen-bond acceptors (Lipinski definition) is 3. The lowest BCUT2D eigenvalue weighted by Crippen LogP contribution is -2.43. The monoisotopic (exact) mass is 310 g/mol. The summed E-state index contributed by atoms with van der Waals surface area (Å²) in [5.41, 5.74) is 0.591. The van der Waals surface area contributed by atoms with Gasteiger partial charge < -0.3 is 5.32 Å².